The van der Waals surface area contributed by atoms with Crippen LogP contribution in [-0.4, -0.2) is 43.6 Å². The summed E-state index contributed by atoms with van der Waals surface area (Å²) in [6, 6.07) is 4.17. The predicted molar refractivity (Wildman–Crippen MR) is 79.1 cm³/mol. The molecule has 22 heavy (non-hydrogen) atoms. The quantitative estimate of drug-likeness (QED) is 0.682. The van der Waals surface area contributed by atoms with E-state index < -0.39 is 11.9 Å². The SMILES string of the molecule is CC(O)Cc1cn[nH]c1.Cc1c(C(=O)O)cccc1C(=O)O. The molecule has 1 atom stereocenters. The van der Waals surface area contributed by atoms with Crippen LogP contribution in [0.4, 0.5) is 0 Å². The van der Waals surface area contributed by atoms with Gasteiger partial charge in [-0.05, 0) is 37.1 Å². The second-order valence-corrected chi connectivity index (χ2v) is 4.75. The van der Waals surface area contributed by atoms with Crippen molar-refractivity contribution >= 4 is 11.9 Å². The van der Waals surface area contributed by atoms with Crippen molar-refractivity contribution in [2.75, 3.05) is 0 Å². The summed E-state index contributed by atoms with van der Waals surface area (Å²) in [6.45, 7) is 3.24. The van der Waals surface area contributed by atoms with E-state index in [2.05, 4.69) is 10.2 Å². The molecule has 0 saturated carbocycles. The minimum absolute atomic E-state index is 0.0277. The van der Waals surface area contributed by atoms with Crippen LogP contribution in [0, 0.1) is 6.92 Å². The van der Waals surface area contributed by atoms with Crippen LogP contribution in [0.1, 0.15) is 38.8 Å². The molecule has 1 unspecified atom stereocenters. The average Bonchev–Trinajstić information content (AvgIpc) is 2.91. The zero-order valence-electron chi connectivity index (χ0n) is 12.3. The maximum Gasteiger partial charge on any atom is 0.335 e. The summed E-state index contributed by atoms with van der Waals surface area (Å²) in [5, 5.41) is 32.7. The molecule has 0 fully saturated rings. The van der Waals surface area contributed by atoms with Gasteiger partial charge in [-0.25, -0.2) is 9.59 Å². The first-order valence-corrected chi connectivity index (χ1v) is 6.54. The molecule has 0 spiro atoms. The van der Waals surface area contributed by atoms with Crippen LogP contribution in [0.15, 0.2) is 30.6 Å². The lowest BCUT2D eigenvalue weighted by molar-refractivity contribution is 0.0696. The third-order valence-electron chi connectivity index (χ3n) is 2.88. The monoisotopic (exact) mass is 306 g/mol. The number of nitrogens with one attached hydrogen (secondary N) is 1. The largest absolute Gasteiger partial charge is 0.478 e. The van der Waals surface area contributed by atoms with Crippen molar-refractivity contribution in [3.8, 4) is 0 Å². The van der Waals surface area contributed by atoms with E-state index in [1.54, 1.807) is 19.3 Å². The number of benzene rings is 1. The molecule has 1 aromatic carbocycles. The Labute approximate surface area is 127 Å². The van der Waals surface area contributed by atoms with Crippen molar-refractivity contribution in [3.63, 3.8) is 0 Å². The highest BCUT2D eigenvalue weighted by atomic mass is 16.4. The van der Waals surface area contributed by atoms with E-state index in [-0.39, 0.29) is 22.8 Å². The summed E-state index contributed by atoms with van der Waals surface area (Å²) in [4.78, 5) is 21.2. The fourth-order valence-electron chi connectivity index (χ4n) is 1.83. The van der Waals surface area contributed by atoms with Crippen molar-refractivity contribution < 1.29 is 24.9 Å². The molecule has 1 heterocycles. The number of nitrogens with zero attached hydrogens (tertiary/aromatic N) is 1. The van der Waals surface area contributed by atoms with E-state index in [0.717, 1.165) is 5.56 Å². The Morgan fingerprint density at radius 1 is 1.23 bits per heavy atom. The summed E-state index contributed by atoms with van der Waals surface area (Å²) < 4.78 is 0. The second kappa shape index (κ2) is 7.94. The van der Waals surface area contributed by atoms with E-state index in [1.165, 1.54) is 25.1 Å². The van der Waals surface area contributed by atoms with Crippen molar-refractivity contribution in [1.82, 2.24) is 10.2 Å². The molecule has 4 N–H and O–H groups in total. The number of aromatic amines is 1. The molecule has 7 heteroatoms. The Morgan fingerprint density at radius 2 is 1.77 bits per heavy atom. The van der Waals surface area contributed by atoms with Gasteiger partial charge in [0.2, 0.25) is 0 Å². The molecule has 0 bridgehead atoms. The number of aliphatic hydroxyl groups excluding tert-OH is 1. The zero-order chi connectivity index (χ0) is 16.7. The van der Waals surface area contributed by atoms with Gasteiger partial charge in [-0.1, -0.05) is 6.07 Å². The first-order valence-electron chi connectivity index (χ1n) is 6.54. The molecule has 0 radical (unpaired) electrons. The number of hydrogen-bond acceptors (Lipinski definition) is 4. The number of carbonyl (C=O) groups is 2. The lowest BCUT2D eigenvalue weighted by Crippen LogP contribution is -2.06. The maximum atomic E-state index is 10.6. The van der Waals surface area contributed by atoms with Gasteiger partial charge in [0.1, 0.15) is 0 Å². The Hall–Kier alpha value is -2.67. The molecule has 0 aliphatic heterocycles. The minimum Gasteiger partial charge on any atom is -0.478 e. The van der Waals surface area contributed by atoms with Crippen molar-refractivity contribution in [2.24, 2.45) is 0 Å². The number of rotatable bonds is 4. The number of carboxylic acids is 2. The number of carboxylic acid groups (broad SMARTS) is 2. The van der Waals surface area contributed by atoms with Gasteiger partial charge in [0.15, 0.2) is 0 Å². The van der Waals surface area contributed by atoms with Crippen molar-refractivity contribution in [2.45, 2.75) is 26.4 Å². The van der Waals surface area contributed by atoms with E-state index >= 15 is 0 Å². The van der Waals surface area contributed by atoms with Crippen molar-refractivity contribution in [3.05, 3.63) is 52.8 Å². The minimum atomic E-state index is -1.11. The molecule has 0 saturated heterocycles. The van der Waals surface area contributed by atoms with E-state index in [9.17, 15) is 9.59 Å². The van der Waals surface area contributed by atoms with E-state index in [0.29, 0.717) is 6.42 Å². The third-order valence-corrected chi connectivity index (χ3v) is 2.88. The highest BCUT2D eigenvalue weighted by Crippen LogP contribution is 2.13. The van der Waals surface area contributed by atoms with Crippen LogP contribution >= 0.6 is 0 Å². The summed E-state index contributed by atoms with van der Waals surface area (Å²) in [6.07, 6.45) is 3.90. The molecular weight excluding hydrogens is 288 g/mol. The third kappa shape index (κ3) is 5.02. The maximum absolute atomic E-state index is 10.6. The number of aromatic nitrogens is 2. The second-order valence-electron chi connectivity index (χ2n) is 4.75. The van der Waals surface area contributed by atoms with E-state index in [1.807, 2.05) is 0 Å². The lowest BCUT2D eigenvalue weighted by Gasteiger charge is -2.03. The van der Waals surface area contributed by atoms with E-state index in [4.69, 9.17) is 15.3 Å². The van der Waals surface area contributed by atoms with Gasteiger partial charge in [0.05, 0.1) is 23.4 Å². The number of aliphatic hydroxyl groups is 1. The smallest absolute Gasteiger partial charge is 0.335 e. The molecule has 2 aromatic rings. The Morgan fingerprint density at radius 3 is 2.14 bits per heavy atom. The molecule has 2 rings (SSSR count). The van der Waals surface area contributed by atoms with Crippen LogP contribution in [0.3, 0.4) is 0 Å². The van der Waals surface area contributed by atoms with Crippen LogP contribution < -0.4 is 0 Å². The van der Waals surface area contributed by atoms with Crippen molar-refractivity contribution in [1.29, 1.82) is 0 Å². The van der Waals surface area contributed by atoms with Gasteiger partial charge < -0.3 is 15.3 Å². The van der Waals surface area contributed by atoms with Gasteiger partial charge in [-0.15, -0.1) is 0 Å². The molecule has 0 aliphatic carbocycles. The van der Waals surface area contributed by atoms with Crippen LogP contribution in [0.25, 0.3) is 0 Å². The number of H-pyrrole nitrogens is 1. The molecule has 1 aromatic heterocycles. The average molecular weight is 306 g/mol. The Bertz CT molecular complexity index is 603. The summed E-state index contributed by atoms with van der Waals surface area (Å²) in [5.74, 6) is -2.22. The fraction of sp³-hybridized carbons (Fsp3) is 0.267. The first kappa shape index (κ1) is 17.4. The molecule has 0 aliphatic rings. The zero-order valence-corrected chi connectivity index (χ0v) is 12.3. The lowest BCUT2D eigenvalue weighted by atomic mass is 10.0. The van der Waals surface area contributed by atoms with Gasteiger partial charge in [0.25, 0.3) is 0 Å². The molecular formula is C15H18N2O5. The topological polar surface area (TPSA) is 124 Å². The summed E-state index contributed by atoms with van der Waals surface area (Å²) >= 11 is 0. The van der Waals surface area contributed by atoms with Crippen LogP contribution in [-0.2, 0) is 6.42 Å². The first-order chi connectivity index (χ1) is 10.3. The van der Waals surface area contributed by atoms with Crippen LogP contribution in [0.2, 0.25) is 0 Å². The predicted octanol–water partition coefficient (Wildman–Crippen LogP) is 1.72. The molecule has 0 amide bonds. The van der Waals surface area contributed by atoms with Gasteiger partial charge in [0, 0.05) is 12.6 Å². The Balaban J connectivity index is 0.000000235. The highest BCUT2D eigenvalue weighted by Gasteiger charge is 2.13. The number of hydrogen-bond donors (Lipinski definition) is 4. The Kier molecular flexibility index (Phi) is 6.27. The standard InChI is InChI=1S/C9H8O4.C6H10N2O/c1-5-6(8(10)11)3-2-4-7(5)9(12)13;1-5(9)2-6-3-7-8-4-6/h2-4H,1H3,(H,10,11)(H,12,13);3-5,9H,2H2,1H3,(H,7,8). The fourth-order valence-corrected chi connectivity index (χ4v) is 1.83. The van der Waals surface area contributed by atoms with Crippen LogP contribution in [0.5, 0.6) is 0 Å². The van der Waals surface area contributed by atoms with Gasteiger partial charge >= 0.3 is 11.9 Å². The normalized spacial score (nSPS) is 11.2. The highest BCUT2D eigenvalue weighted by molar-refractivity contribution is 5.96. The summed E-state index contributed by atoms with van der Waals surface area (Å²) in [5.41, 5.74) is 1.38. The van der Waals surface area contributed by atoms with Gasteiger partial charge in [-0.2, -0.15) is 5.10 Å². The molecule has 7 nitrogen and oxygen atoms in total. The molecule has 118 valence electrons. The van der Waals surface area contributed by atoms with Gasteiger partial charge in [-0.3, -0.25) is 5.10 Å². The summed E-state index contributed by atoms with van der Waals surface area (Å²) in [7, 11) is 0. The number of aromatic carboxylic acids is 2.